The summed E-state index contributed by atoms with van der Waals surface area (Å²) in [4.78, 5) is 11.6. The minimum absolute atomic E-state index is 0.433. The van der Waals surface area contributed by atoms with Crippen molar-refractivity contribution >= 4 is 17.7 Å². The zero-order valence-electron chi connectivity index (χ0n) is 12.2. The highest BCUT2D eigenvalue weighted by Crippen LogP contribution is 2.23. The molecular formula is C18H18O2S. The Morgan fingerprint density at radius 1 is 1.00 bits per heavy atom. The lowest BCUT2D eigenvalue weighted by atomic mass is 10.0. The molecule has 1 N–H and O–H groups in total. The van der Waals surface area contributed by atoms with E-state index in [0.29, 0.717) is 11.3 Å². The van der Waals surface area contributed by atoms with Crippen molar-refractivity contribution in [1.82, 2.24) is 0 Å². The molecule has 0 aliphatic carbocycles. The van der Waals surface area contributed by atoms with E-state index in [9.17, 15) is 4.79 Å². The lowest BCUT2D eigenvalue weighted by Crippen LogP contribution is -2.01. The number of hydrogen-bond donors (Lipinski definition) is 1. The van der Waals surface area contributed by atoms with E-state index in [2.05, 4.69) is 36.4 Å². The molecule has 0 aliphatic rings. The molecule has 0 saturated heterocycles. The number of carboxylic acid groups (broad SMARTS) is 1. The van der Waals surface area contributed by atoms with Crippen LogP contribution in [0, 0.1) is 0 Å². The number of carbonyl (C=O) groups is 1. The molecule has 0 heterocycles. The number of hydrogen-bond acceptors (Lipinski definition) is 2. The van der Waals surface area contributed by atoms with Crippen LogP contribution in [0.2, 0.25) is 0 Å². The van der Waals surface area contributed by atoms with E-state index in [1.807, 2.05) is 25.1 Å². The second-order valence-electron chi connectivity index (χ2n) is 4.86. The third kappa shape index (κ3) is 3.99. The predicted octanol–water partition coefficient (Wildman–Crippen LogP) is 4.62. The fraction of sp³-hybridized carbons (Fsp3) is 0.167. The fourth-order valence-corrected chi connectivity index (χ4v) is 2.87. The average Bonchev–Trinajstić information content (AvgIpc) is 2.49. The van der Waals surface area contributed by atoms with Gasteiger partial charge in [0, 0.05) is 0 Å². The Kier molecular flexibility index (Phi) is 5.23. The van der Waals surface area contributed by atoms with Crippen LogP contribution in [0.25, 0.3) is 11.1 Å². The summed E-state index contributed by atoms with van der Waals surface area (Å²) >= 11 is 1.29. The maximum Gasteiger partial charge on any atom is 0.342 e. The smallest absolute Gasteiger partial charge is 0.342 e. The Morgan fingerprint density at radius 2 is 1.57 bits per heavy atom. The van der Waals surface area contributed by atoms with Crippen molar-refractivity contribution < 1.29 is 9.90 Å². The number of rotatable bonds is 5. The van der Waals surface area contributed by atoms with E-state index in [4.69, 9.17) is 5.11 Å². The van der Waals surface area contributed by atoms with E-state index < -0.39 is 5.97 Å². The van der Waals surface area contributed by atoms with Crippen molar-refractivity contribution in [1.29, 1.82) is 0 Å². The molecule has 2 nitrogen and oxygen atoms in total. The van der Waals surface area contributed by atoms with Crippen LogP contribution < -0.4 is 0 Å². The molecule has 0 amide bonds. The molecule has 0 aliphatic heterocycles. The lowest BCUT2D eigenvalue weighted by molar-refractivity contribution is -0.131. The molecule has 0 radical (unpaired) electrons. The minimum atomic E-state index is -0.846. The second kappa shape index (κ2) is 7.14. The second-order valence-corrected chi connectivity index (χ2v) is 5.67. The number of carboxylic acids is 1. The first-order chi connectivity index (χ1) is 10.1. The van der Waals surface area contributed by atoms with Gasteiger partial charge in [0.2, 0.25) is 0 Å². The van der Waals surface area contributed by atoms with Gasteiger partial charge in [-0.15, -0.1) is 11.8 Å². The molecule has 2 rings (SSSR count). The summed E-state index contributed by atoms with van der Waals surface area (Å²) in [6.45, 7) is 1.88. The zero-order chi connectivity index (χ0) is 15.2. The van der Waals surface area contributed by atoms with Gasteiger partial charge in [0.15, 0.2) is 0 Å². The molecule has 108 valence electrons. The lowest BCUT2D eigenvalue weighted by Gasteiger charge is -2.07. The Balaban J connectivity index is 2.19. The normalized spacial score (nSPS) is 11.9. The molecule has 3 heteroatoms. The highest BCUT2D eigenvalue weighted by Gasteiger charge is 2.10. The topological polar surface area (TPSA) is 37.3 Å². The predicted molar refractivity (Wildman–Crippen MR) is 89.4 cm³/mol. The third-order valence-electron chi connectivity index (χ3n) is 3.32. The molecule has 0 fully saturated rings. The molecule has 0 spiro atoms. The van der Waals surface area contributed by atoms with Crippen LogP contribution in [0.15, 0.2) is 65.1 Å². The van der Waals surface area contributed by atoms with Crippen molar-refractivity contribution in [2.75, 3.05) is 6.26 Å². The minimum Gasteiger partial charge on any atom is -0.477 e. The van der Waals surface area contributed by atoms with Crippen LogP contribution in [0.5, 0.6) is 0 Å². The molecule has 0 atom stereocenters. The van der Waals surface area contributed by atoms with Gasteiger partial charge in [-0.3, -0.25) is 0 Å². The van der Waals surface area contributed by atoms with Gasteiger partial charge >= 0.3 is 5.97 Å². The Morgan fingerprint density at radius 3 is 2.10 bits per heavy atom. The van der Waals surface area contributed by atoms with Gasteiger partial charge in [-0.1, -0.05) is 54.6 Å². The molecule has 0 bridgehead atoms. The van der Waals surface area contributed by atoms with E-state index in [-0.39, 0.29) is 0 Å². The van der Waals surface area contributed by atoms with Crippen molar-refractivity contribution in [2.45, 2.75) is 13.3 Å². The average molecular weight is 298 g/mol. The number of allylic oxidation sites excluding steroid dienone is 1. The molecule has 21 heavy (non-hydrogen) atoms. The first-order valence-electron chi connectivity index (χ1n) is 6.73. The van der Waals surface area contributed by atoms with Crippen LogP contribution >= 0.6 is 11.8 Å². The first kappa shape index (κ1) is 15.4. The van der Waals surface area contributed by atoms with E-state index in [1.165, 1.54) is 22.9 Å². The zero-order valence-corrected chi connectivity index (χ0v) is 13.0. The van der Waals surface area contributed by atoms with Crippen LogP contribution in [-0.4, -0.2) is 17.3 Å². The molecule has 2 aromatic carbocycles. The van der Waals surface area contributed by atoms with Crippen LogP contribution in [-0.2, 0) is 11.2 Å². The van der Waals surface area contributed by atoms with Crippen molar-refractivity contribution in [3.8, 4) is 11.1 Å². The summed E-state index contributed by atoms with van der Waals surface area (Å²) in [5.74, 6) is -0.846. The van der Waals surface area contributed by atoms with E-state index >= 15 is 0 Å². The molecule has 0 aromatic heterocycles. The Bertz CT molecular complexity index is 643. The van der Waals surface area contributed by atoms with Gasteiger partial charge in [-0.2, -0.15) is 0 Å². The molecule has 0 unspecified atom stereocenters. The van der Waals surface area contributed by atoms with E-state index in [1.54, 1.807) is 6.26 Å². The van der Waals surface area contributed by atoms with Gasteiger partial charge < -0.3 is 5.11 Å². The Labute approximate surface area is 129 Å². The van der Waals surface area contributed by atoms with Crippen LogP contribution in [0.4, 0.5) is 0 Å². The van der Waals surface area contributed by atoms with Gasteiger partial charge in [0.25, 0.3) is 0 Å². The monoisotopic (exact) mass is 298 g/mol. The quantitative estimate of drug-likeness (QED) is 0.819. The molecular weight excluding hydrogens is 280 g/mol. The third-order valence-corrected chi connectivity index (χ3v) is 4.25. The fourth-order valence-electron chi connectivity index (χ4n) is 2.28. The van der Waals surface area contributed by atoms with Crippen LogP contribution in [0.1, 0.15) is 12.5 Å². The van der Waals surface area contributed by atoms with Gasteiger partial charge in [0.05, 0.1) is 4.91 Å². The highest BCUT2D eigenvalue weighted by molar-refractivity contribution is 8.03. The molecule has 2 aromatic rings. The summed E-state index contributed by atoms with van der Waals surface area (Å²) < 4.78 is 0. The SMILES string of the molecule is CS/C(C(=O)O)=C(\C)Cc1ccc(-c2ccccc2)cc1. The van der Waals surface area contributed by atoms with Crippen LogP contribution in [0.3, 0.4) is 0 Å². The van der Waals surface area contributed by atoms with E-state index in [0.717, 1.165) is 11.1 Å². The van der Waals surface area contributed by atoms with Crippen molar-refractivity contribution in [2.24, 2.45) is 0 Å². The van der Waals surface area contributed by atoms with Crippen molar-refractivity contribution in [3.05, 3.63) is 70.6 Å². The number of aliphatic carboxylic acids is 1. The van der Waals surface area contributed by atoms with Gasteiger partial charge in [0.1, 0.15) is 0 Å². The Hall–Kier alpha value is -2.00. The summed E-state index contributed by atoms with van der Waals surface area (Å²) in [7, 11) is 0. The van der Waals surface area contributed by atoms with Gasteiger partial charge in [-0.05, 0) is 41.9 Å². The summed E-state index contributed by atoms with van der Waals surface area (Å²) in [5.41, 5.74) is 4.37. The molecule has 0 saturated carbocycles. The van der Waals surface area contributed by atoms with Crippen molar-refractivity contribution in [3.63, 3.8) is 0 Å². The first-order valence-corrected chi connectivity index (χ1v) is 7.95. The summed E-state index contributed by atoms with van der Waals surface area (Å²) in [5, 5.41) is 9.14. The van der Waals surface area contributed by atoms with Gasteiger partial charge in [-0.25, -0.2) is 4.79 Å². The standard InChI is InChI=1S/C18H18O2S/c1-13(17(21-2)18(19)20)12-14-8-10-16(11-9-14)15-6-4-3-5-7-15/h3-11H,12H2,1-2H3,(H,19,20)/b17-13+. The highest BCUT2D eigenvalue weighted by atomic mass is 32.2. The number of benzene rings is 2. The number of thioether (sulfide) groups is 1. The maximum absolute atomic E-state index is 11.1. The largest absolute Gasteiger partial charge is 0.477 e. The summed E-state index contributed by atoms with van der Waals surface area (Å²) in [6.07, 6.45) is 2.46. The maximum atomic E-state index is 11.1. The summed E-state index contributed by atoms with van der Waals surface area (Å²) in [6, 6.07) is 18.5.